The van der Waals surface area contributed by atoms with E-state index in [2.05, 4.69) is 116 Å². The van der Waals surface area contributed by atoms with Crippen LogP contribution in [-0.4, -0.2) is 13.6 Å². The van der Waals surface area contributed by atoms with Crippen molar-refractivity contribution in [2.24, 2.45) is 16.2 Å². The molecule has 0 bridgehead atoms. The summed E-state index contributed by atoms with van der Waals surface area (Å²) >= 11 is 0. The van der Waals surface area contributed by atoms with Crippen molar-refractivity contribution in [3.63, 3.8) is 0 Å². The van der Waals surface area contributed by atoms with Gasteiger partial charge in [0.2, 0.25) is 0 Å². The summed E-state index contributed by atoms with van der Waals surface area (Å²) in [5.41, 5.74) is 7.00. The fraction of sp³-hybridized carbons (Fsp3) is 0.700. The van der Waals surface area contributed by atoms with Gasteiger partial charge in [-0.15, -0.1) is 0 Å². The molecule has 1 aromatic rings. The number of hydrogen-bond acceptors (Lipinski definition) is 0. The molecule has 31 heavy (non-hydrogen) atoms. The Hall–Kier alpha value is -0.953. The van der Waals surface area contributed by atoms with Gasteiger partial charge in [-0.1, -0.05) is 126 Å². The van der Waals surface area contributed by atoms with Gasteiger partial charge in [-0.3, -0.25) is 0 Å². The molecule has 0 spiro atoms. The third-order valence-corrected chi connectivity index (χ3v) is 10.7. The second-order valence-electron chi connectivity index (χ2n) is 13.8. The Bertz CT molecular complexity index is 868. The lowest BCUT2D eigenvalue weighted by atomic mass is 9.72. The van der Waals surface area contributed by atoms with Crippen molar-refractivity contribution in [2.45, 2.75) is 122 Å². The van der Waals surface area contributed by atoms with Crippen molar-refractivity contribution in [3.8, 4) is 0 Å². The third kappa shape index (κ3) is 5.02. The van der Waals surface area contributed by atoms with Gasteiger partial charge in [-0.2, -0.15) is 0 Å². The molecule has 1 heterocycles. The summed E-state index contributed by atoms with van der Waals surface area (Å²) in [6, 6.07) is 5.12. The average Bonchev–Trinajstić information content (AvgIpc) is 2.48. The van der Waals surface area contributed by atoms with E-state index in [1.807, 2.05) is 0 Å². The van der Waals surface area contributed by atoms with Crippen LogP contribution < -0.4 is 5.19 Å². The van der Waals surface area contributed by atoms with E-state index in [0.717, 1.165) is 0 Å². The van der Waals surface area contributed by atoms with E-state index in [1.165, 1.54) is 5.56 Å². The van der Waals surface area contributed by atoms with Crippen LogP contribution in [-0.2, 0) is 0 Å². The van der Waals surface area contributed by atoms with Gasteiger partial charge in [0.25, 0.3) is 0 Å². The van der Waals surface area contributed by atoms with E-state index >= 15 is 0 Å². The molecule has 1 aliphatic rings. The van der Waals surface area contributed by atoms with Crippen LogP contribution in [0.25, 0.3) is 0 Å². The lowest BCUT2D eigenvalue weighted by Crippen LogP contribution is -2.55. The van der Waals surface area contributed by atoms with Crippen molar-refractivity contribution in [2.75, 3.05) is 0 Å². The normalized spacial score (nSPS) is 16.2. The highest BCUT2D eigenvalue weighted by Crippen LogP contribution is 2.47. The van der Waals surface area contributed by atoms with Crippen LogP contribution in [0.1, 0.15) is 138 Å². The minimum atomic E-state index is -0.942. The van der Waals surface area contributed by atoms with E-state index < -0.39 is 8.41 Å². The molecule has 1 aromatic carbocycles. The molecule has 0 aliphatic carbocycles. The zero-order valence-electron chi connectivity index (χ0n) is 23.4. The highest BCUT2D eigenvalue weighted by Gasteiger charge is 2.46. The molecule has 0 saturated heterocycles. The maximum atomic E-state index is 2.56. The summed E-state index contributed by atoms with van der Waals surface area (Å²) in [6.45, 7) is 36.2. The van der Waals surface area contributed by atoms with E-state index in [-0.39, 0.29) is 16.2 Å². The van der Waals surface area contributed by atoms with E-state index in [9.17, 15) is 0 Å². The topological polar surface area (TPSA) is 0 Å². The summed E-state index contributed by atoms with van der Waals surface area (Å²) in [4.78, 5) is 0. The Morgan fingerprint density at radius 2 is 1.00 bits per heavy atom. The molecule has 0 unspecified atom stereocenters. The molecule has 0 nitrogen and oxygen atoms in total. The van der Waals surface area contributed by atoms with Crippen molar-refractivity contribution in [3.05, 3.63) is 39.6 Å². The SMILES string of the molecule is CC(C)c1cc(C(C)C)c([Si]2=C(C(C)(C)C)C(C(C)(C)C)=C2C(C)(C)C)c(C(C)C)c1. The lowest BCUT2D eigenvalue weighted by Gasteiger charge is -2.49. The molecule has 0 aromatic heterocycles. The Kier molecular flexibility index (Phi) is 7.16. The Balaban J connectivity index is 3.07. The second kappa shape index (κ2) is 8.43. The molecule has 0 radical (unpaired) electrons. The van der Waals surface area contributed by atoms with Gasteiger partial charge >= 0.3 is 0 Å². The Morgan fingerprint density at radius 3 is 1.26 bits per heavy atom. The van der Waals surface area contributed by atoms with E-state index in [4.69, 9.17) is 0 Å². The molecule has 1 aliphatic heterocycles. The first-order chi connectivity index (χ1) is 13.8. The largest absolute Gasteiger partial charge is 0.0815 e. The Labute approximate surface area is 196 Å². The molecule has 0 amide bonds. The van der Waals surface area contributed by atoms with Crippen molar-refractivity contribution in [1.29, 1.82) is 0 Å². The molecule has 0 N–H and O–H groups in total. The van der Waals surface area contributed by atoms with Gasteiger partial charge in [-0.05, 0) is 61.4 Å². The van der Waals surface area contributed by atoms with Gasteiger partial charge in [0, 0.05) is 0 Å². The Morgan fingerprint density at radius 1 is 0.581 bits per heavy atom. The molecule has 0 saturated carbocycles. The highest BCUT2D eigenvalue weighted by molar-refractivity contribution is 6.95. The number of hydrogen-bond donors (Lipinski definition) is 0. The molecule has 1 heteroatoms. The first-order valence-corrected chi connectivity index (χ1v) is 14.0. The standard InChI is InChI=1S/C30H50Si/c1-18(2)21-16-22(19(3)4)25(23(17-21)20(5)6)31-26(29(10,11)12)24(28(7,8)9)27(31)30(13,14)15/h16-20H,1-15H3. The fourth-order valence-corrected chi connectivity index (χ4v) is 10.0. The van der Waals surface area contributed by atoms with Gasteiger partial charge < -0.3 is 0 Å². The van der Waals surface area contributed by atoms with Crippen LogP contribution >= 0.6 is 0 Å². The van der Waals surface area contributed by atoms with E-state index in [0.29, 0.717) is 17.8 Å². The molecule has 2 rings (SSSR count). The van der Waals surface area contributed by atoms with Crippen LogP contribution in [0, 0.1) is 16.2 Å². The average molecular weight is 439 g/mol. The van der Waals surface area contributed by atoms with Gasteiger partial charge in [-0.25, -0.2) is 0 Å². The summed E-state index contributed by atoms with van der Waals surface area (Å²) in [6.07, 6.45) is 0. The zero-order valence-corrected chi connectivity index (χ0v) is 24.4. The summed E-state index contributed by atoms with van der Waals surface area (Å²) in [7, 11) is -0.942. The first-order valence-electron chi connectivity index (χ1n) is 12.5. The second-order valence-corrected chi connectivity index (χ2v) is 16.0. The molecular formula is C30H50Si. The van der Waals surface area contributed by atoms with Crippen LogP contribution in [0.5, 0.6) is 0 Å². The summed E-state index contributed by atoms with van der Waals surface area (Å²) in [5, 5.41) is 5.27. The first kappa shape index (κ1) is 26.3. The lowest BCUT2D eigenvalue weighted by molar-refractivity contribution is 0.460. The van der Waals surface area contributed by atoms with Gasteiger partial charge in [0.15, 0.2) is 0 Å². The predicted octanol–water partition coefficient (Wildman–Crippen LogP) is 8.50. The predicted molar refractivity (Wildman–Crippen MR) is 144 cm³/mol. The summed E-state index contributed by atoms with van der Waals surface area (Å²) in [5.74, 6) is 1.66. The zero-order chi connectivity index (χ0) is 24.3. The van der Waals surface area contributed by atoms with Crippen LogP contribution in [0.4, 0.5) is 0 Å². The minimum absolute atomic E-state index is 0.188. The monoisotopic (exact) mass is 438 g/mol. The third-order valence-electron chi connectivity index (χ3n) is 6.63. The fourth-order valence-electron chi connectivity index (χ4n) is 5.18. The number of benzene rings is 1. The number of allylic oxidation sites excluding steroid dienone is 2. The van der Waals surface area contributed by atoms with Crippen molar-refractivity contribution < 1.29 is 0 Å². The maximum absolute atomic E-state index is 2.56. The van der Waals surface area contributed by atoms with Crippen LogP contribution in [0.3, 0.4) is 0 Å². The van der Waals surface area contributed by atoms with Crippen LogP contribution in [0.15, 0.2) is 22.9 Å². The minimum Gasteiger partial charge on any atom is -0.0587 e. The molecular weight excluding hydrogens is 388 g/mol. The maximum Gasteiger partial charge on any atom is 0.0815 e. The van der Waals surface area contributed by atoms with Gasteiger partial charge in [0.1, 0.15) is 0 Å². The molecule has 0 fully saturated rings. The number of rotatable bonds is 4. The van der Waals surface area contributed by atoms with Gasteiger partial charge in [0.05, 0.1) is 8.41 Å². The highest BCUT2D eigenvalue weighted by atomic mass is 28.2. The van der Waals surface area contributed by atoms with Crippen LogP contribution in [0.2, 0.25) is 0 Å². The summed E-state index contributed by atoms with van der Waals surface area (Å²) < 4.78 is 0. The molecule has 174 valence electrons. The van der Waals surface area contributed by atoms with Crippen molar-refractivity contribution >= 4 is 18.8 Å². The quantitative estimate of drug-likeness (QED) is 0.413. The smallest absolute Gasteiger partial charge is 0.0587 e. The van der Waals surface area contributed by atoms with E-state index in [1.54, 1.807) is 32.3 Å². The van der Waals surface area contributed by atoms with Crippen molar-refractivity contribution in [1.82, 2.24) is 0 Å². The molecule has 0 atom stereocenters.